The number of hydrogen-bond acceptors (Lipinski definition) is 4. The molecular formula is C26H23FN2O3. The summed E-state index contributed by atoms with van der Waals surface area (Å²) in [4.78, 5) is 12.4. The summed E-state index contributed by atoms with van der Waals surface area (Å²) in [7, 11) is 0. The Morgan fingerprint density at radius 1 is 1.06 bits per heavy atom. The minimum absolute atomic E-state index is 0.00792. The molecule has 5 nitrogen and oxygen atoms in total. The van der Waals surface area contributed by atoms with Crippen LogP contribution in [0.3, 0.4) is 0 Å². The van der Waals surface area contributed by atoms with Crippen molar-refractivity contribution in [3.8, 4) is 17.6 Å². The molecule has 1 N–H and O–H groups in total. The van der Waals surface area contributed by atoms with Gasteiger partial charge in [-0.05, 0) is 55.3 Å². The van der Waals surface area contributed by atoms with Crippen molar-refractivity contribution in [1.29, 1.82) is 5.26 Å². The SMILES string of the molecule is CCOc1cc(/C=C(\C#N)C(=O)Nc2ccccc2F)ccc1OCc1cccc(C)c1. The summed E-state index contributed by atoms with van der Waals surface area (Å²) in [5.74, 6) is -0.220. The molecule has 0 aliphatic rings. The van der Waals surface area contributed by atoms with Crippen molar-refractivity contribution in [3.63, 3.8) is 0 Å². The number of ether oxygens (including phenoxy) is 2. The number of anilines is 1. The minimum Gasteiger partial charge on any atom is -0.490 e. The first-order valence-electron chi connectivity index (χ1n) is 10.1. The van der Waals surface area contributed by atoms with Gasteiger partial charge in [-0.2, -0.15) is 5.26 Å². The summed E-state index contributed by atoms with van der Waals surface area (Å²) < 4.78 is 25.4. The monoisotopic (exact) mass is 430 g/mol. The van der Waals surface area contributed by atoms with Gasteiger partial charge in [0.05, 0.1) is 12.3 Å². The minimum atomic E-state index is -0.699. The molecule has 0 bridgehead atoms. The first-order chi connectivity index (χ1) is 15.5. The van der Waals surface area contributed by atoms with Crippen molar-refractivity contribution >= 4 is 17.7 Å². The van der Waals surface area contributed by atoms with E-state index in [4.69, 9.17) is 9.47 Å². The van der Waals surface area contributed by atoms with Crippen LogP contribution >= 0.6 is 0 Å². The van der Waals surface area contributed by atoms with Gasteiger partial charge in [0.1, 0.15) is 24.1 Å². The Kier molecular flexibility index (Phi) is 7.60. The maximum absolute atomic E-state index is 13.8. The summed E-state index contributed by atoms with van der Waals surface area (Å²) in [6.07, 6.45) is 1.42. The molecule has 0 unspecified atom stereocenters. The Bertz CT molecular complexity index is 1180. The lowest BCUT2D eigenvalue weighted by molar-refractivity contribution is -0.112. The molecule has 162 valence electrons. The molecule has 3 rings (SSSR count). The number of nitrogens with zero attached hydrogens (tertiary/aromatic N) is 1. The van der Waals surface area contributed by atoms with Crippen LogP contribution in [0.15, 0.2) is 72.3 Å². The van der Waals surface area contributed by atoms with Gasteiger partial charge in [-0.1, -0.05) is 48.0 Å². The molecular weight excluding hydrogens is 407 g/mol. The van der Waals surface area contributed by atoms with Gasteiger partial charge < -0.3 is 14.8 Å². The normalized spacial score (nSPS) is 10.9. The van der Waals surface area contributed by atoms with Crippen LogP contribution in [0.25, 0.3) is 6.08 Å². The molecule has 0 spiro atoms. The summed E-state index contributed by atoms with van der Waals surface area (Å²) in [6.45, 7) is 4.68. The number of amides is 1. The lowest BCUT2D eigenvalue weighted by atomic mass is 10.1. The zero-order chi connectivity index (χ0) is 22.9. The van der Waals surface area contributed by atoms with Crippen LogP contribution in [-0.2, 0) is 11.4 Å². The van der Waals surface area contributed by atoms with Gasteiger partial charge in [0.15, 0.2) is 11.5 Å². The second kappa shape index (κ2) is 10.8. The molecule has 3 aromatic rings. The highest BCUT2D eigenvalue weighted by Gasteiger charge is 2.13. The number of carbonyl (C=O) groups is 1. The Morgan fingerprint density at radius 2 is 1.88 bits per heavy atom. The van der Waals surface area contributed by atoms with Crippen molar-refractivity contribution in [2.75, 3.05) is 11.9 Å². The number of benzene rings is 3. The number of para-hydroxylation sites is 1. The van der Waals surface area contributed by atoms with E-state index in [0.29, 0.717) is 30.3 Å². The maximum atomic E-state index is 13.8. The molecule has 0 heterocycles. The Morgan fingerprint density at radius 3 is 2.59 bits per heavy atom. The molecule has 0 fully saturated rings. The van der Waals surface area contributed by atoms with Gasteiger partial charge in [-0.15, -0.1) is 0 Å². The first kappa shape index (κ1) is 22.6. The van der Waals surface area contributed by atoms with Crippen LogP contribution in [0.2, 0.25) is 0 Å². The predicted octanol–water partition coefficient (Wildman–Crippen LogP) is 5.66. The summed E-state index contributed by atoms with van der Waals surface area (Å²) >= 11 is 0. The van der Waals surface area contributed by atoms with Gasteiger partial charge in [0.25, 0.3) is 5.91 Å². The lowest BCUT2D eigenvalue weighted by Crippen LogP contribution is -2.14. The number of nitrogens with one attached hydrogen (secondary N) is 1. The predicted molar refractivity (Wildman–Crippen MR) is 122 cm³/mol. The molecule has 6 heteroatoms. The van der Waals surface area contributed by atoms with Crippen LogP contribution in [0.1, 0.15) is 23.6 Å². The van der Waals surface area contributed by atoms with E-state index in [2.05, 4.69) is 5.32 Å². The second-order valence-corrected chi connectivity index (χ2v) is 7.02. The molecule has 0 aliphatic carbocycles. The van der Waals surface area contributed by atoms with E-state index < -0.39 is 11.7 Å². The van der Waals surface area contributed by atoms with Crippen LogP contribution in [0, 0.1) is 24.1 Å². The summed E-state index contributed by atoms with van der Waals surface area (Å²) in [5, 5.41) is 11.9. The molecule has 0 saturated heterocycles. The van der Waals surface area contributed by atoms with Crippen molar-refractivity contribution in [1.82, 2.24) is 0 Å². The zero-order valence-corrected chi connectivity index (χ0v) is 17.9. The molecule has 0 aliphatic heterocycles. The fourth-order valence-corrected chi connectivity index (χ4v) is 3.03. The van der Waals surface area contributed by atoms with E-state index in [9.17, 15) is 14.4 Å². The Labute approximate surface area is 186 Å². The number of hydrogen-bond donors (Lipinski definition) is 1. The molecule has 0 saturated carbocycles. The number of nitriles is 1. The van der Waals surface area contributed by atoms with Crippen molar-refractivity contribution < 1.29 is 18.7 Å². The highest BCUT2D eigenvalue weighted by Crippen LogP contribution is 2.30. The van der Waals surface area contributed by atoms with Crippen LogP contribution in [0.4, 0.5) is 10.1 Å². The van der Waals surface area contributed by atoms with Crippen molar-refractivity contribution in [3.05, 3.63) is 94.8 Å². The third kappa shape index (κ3) is 5.96. The van der Waals surface area contributed by atoms with E-state index in [-0.39, 0.29) is 11.3 Å². The number of halogens is 1. The van der Waals surface area contributed by atoms with Gasteiger partial charge in [-0.3, -0.25) is 4.79 Å². The van der Waals surface area contributed by atoms with Crippen LogP contribution in [0.5, 0.6) is 11.5 Å². The number of carbonyl (C=O) groups excluding carboxylic acids is 1. The first-order valence-corrected chi connectivity index (χ1v) is 10.1. The highest BCUT2D eigenvalue weighted by atomic mass is 19.1. The van der Waals surface area contributed by atoms with Crippen molar-refractivity contribution in [2.24, 2.45) is 0 Å². The molecule has 3 aromatic carbocycles. The van der Waals surface area contributed by atoms with E-state index in [1.54, 1.807) is 24.3 Å². The topological polar surface area (TPSA) is 71.3 Å². The van der Waals surface area contributed by atoms with Gasteiger partial charge in [-0.25, -0.2) is 4.39 Å². The van der Waals surface area contributed by atoms with Crippen molar-refractivity contribution in [2.45, 2.75) is 20.5 Å². The lowest BCUT2D eigenvalue weighted by Gasteiger charge is -2.13. The standard InChI is InChI=1S/C26H23FN2O3/c1-3-31-25-15-19(11-12-24(25)32-17-20-8-6-7-18(2)13-20)14-21(16-28)26(30)29-23-10-5-4-9-22(23)27/h4-15H,3,17H2,1-2H3,(H,29,30)/b21-14+. The number of rotatable bonds is 8. The van der Waals surface area contributed by atoms with E-state index in [0.717, 1.165) is 11.1 Å². The highest BCUT2D eigenvalue weighted by molar-refractivity contribution is 6.09. The number of aryl methyl sites for hydroxylation is 1. The van der Waals surface area contributed by atoms with Gasteiger partial charge in [0, 0.05) is 0 Å². The molecule has 1 amide bonds. The largest absolute Gasteiger partial charge is 0.490 e. The molecule has 32 heavy (non-hydrogen) atoms. The second-order valence-electron chi connectivity index (χ2n) is 7.02. The summed E-state index contributed by atoms with van der Waals surface area (Å²) in [6, 6.07) is 20.8. The third-order valence-electron chi connectivity index (χ3n) is 4.54. The average molecular weight is 430 g/mol. The molecule has 0 radical (unpaired) electrons. The zero-order valence-electron chi connectivity index (χ0n) is 17.9. The Hall–Kier alpha value is -4.11. The van der Waals surface area contributed by atoms with E-state index >= 15 is 0 Å². The van der Waals surface area contributed by atoms with Crippen LogP contribution in [-0.4, -0.2) is 12.5 Å². The quantitative estimate of drug-likeness (QED) is 0.370. The van der Waals surface area contributed by atoms with E-state index in [1.165, 1.54) is 24.3 Å². The fourth-order valence-electron chi connectivity index (χ4n) is 3.03. The maximum Gasteiger partial charge on any atom is 0.266 e. The smallest absolute Gasteiger partial charge is 0.266 e. The van der Waals surface area contributed by atoms with Crippen LogP contribution < -0.4 is 14.8 Å². The molecule has 0 atom stereocenters. The van der Waals surface area contributed by atoms with E-state index in [1.807, 2.05) is 44.2 Å². The van der Waals surface area contributed by atoms with Gasteiger partial charge >= 0.3 is 0 Å². The fraction of sp³-hybridized carbons (Fsp3) is 0.154. The Balaban J connectivity index is 1.79. The molecule has 0 aromatic heterocycles. The van der Waals surface area contributed by atoms with Gasteiger partial charge in [0.2, 0.25) is 0 Å². The third-order valence-corrected chi connectivity index (χ3v) is 4.54. The summed E-state index contributed by atoms with van der Waals surface area (Å²) in [5.41, 5.74) is 2.61. The average Bonchev–Trinajstić information content (AvgIpc) is 2.78.